The van der Waals surface area contributed by atoms with E-state index in [1.54, 1.807) is 7.11 Å². The zero-order valence-corrected chi connectivity index (χ0v) is 18.5. The van der Waals surface area contributed by atoms with Crippen LogP contribution in [0.25, 0.3) is 0 Å². The lowest BCUT2D eigenvalue weighted by atomic mass is 9.84. The van der Waals surface area contributed by atoms with E-state index in [1.165, 1.54) is 58.3 Å². The number of ether oxygens (including phenoxy) is 1. The van der Waals surface area contributed by atoms with Crippen LogP contribution in [0, 0.1) is 0 Å². The lowest BCUT2D eigenvalue weighted by Gasteiger charge is -2.50. The topological polar surface area (TPSA) is 52.1 Å². The number of benzene rings is 1. The quantitative estimate of drug-likeness (QED) is 0.543. The first-order valence-electron chi connectivity index (χ1n) is 11.2. The fourth-order valence-electron chi connectivity index (χ4n) is 4.54. The number of rotatable bonds is 7. The molecule has 29 heavy (non-hydrogen) atoms. The van der Waals surface area contributed by atoms with Gasteiger partial charge in [-0.2, -0.15) is 0 Å². The molecule has 2 fully saturated rings. The zero-order chi connectivity index (χ0) is 20.5. The summed E-state index contributed by atoms with van der Waals surface area (Å²) in [5.74, 6) is 1.79. The normalized spacial score (nSPS) is 21.0. The van der Waals surface area contributed by atoms with E-state index in [0.29, 0.717) is 6.54 Å². The fraction of sp³-hybridized carbons (Fsp3) is 0.696. The molecule has 0 saturated carbocycles. The van der Waals surface area contributed by atoms with Gasteiger partial charge in [0.1, 0.15) is 5.75 Å². The maximum Gasteiger partial charge on any atom is 0.191 e. The molecule has 6 heteroatoms. The molecule has 6 nitrogen and oxygen atoms in total. The number of hydrogen-bond donors (Lipinski definition) is 2. The highest BCUT2D eigenvalue weighted by atomic mass is 16.5. The van der Waals surface area contributed by atoms with Gasteiger partial charge in [-0.3, -0.25) is 4.90 Å². The first kappa shape index (κ1) is 21.9. The number of methoxy groups -OCH3 is 1. The van der Waals surface area contributed by atoms with E-state index >= 15 is 0 Å². The van der Waals surface area contributed by atoms with Crippen LogP contribution in [0.1, 0.15) is 44.6 Å². The van der Waals surface area contributed by atoms with Crippen molar-refractivity contribution in [1.82, 2.24) is 20.4 Å². The Morgan fingerprint density at radius 3 is 2.55 bits per heavy atom. The molecule has 2 aliphatic rings. The third-order valence-electron chi connectivity index (χ3n) is 6.43. The van der Waals surface area contributed by atoms with Gasteiger partial charge in [0, 0.05) is 18.6 Å². The summed E-state index contributed by atoms with van der Waals surface area (Å²) >= 11 is 0. The van der Waals surface area contributed by atoms with Gasteiger partial charge in [0.15, 0.2) is 5.96 Å². The SMILES string of the molecule is CCNC(=NCc1cccc(OC)c1)NCC1(N2CCCCC2)CCN(C)CC1. The molecule has 2 N–H and O–H groups in total. The predicted octanol–water partition coefficient (Wildman–Crippen LogP) is 2.70. The van der Waals surface area contributed by atoms with E-state index in [2.05, 4.69) is 46.5 Å². The molecule has 3 rings (SSSR count). The molecule has 0 radical (unpaired) electrons. The minimum atomic E-state index is 0.249. The molecule has 2 saturated heterocycles. The second-order valence-electron chi connectivity index (χ2n) is 8.48. The number of hydrogen-bond acceptors (Lipinski definition) is 4. The average molecular weight is 402 g/mol. The molecule has 2 heterocycles. The van der Waals surface area contributed by atoms with Crippen molar-refractivity contribution in [2.45, 2.75) is 51.1 Å². The van der Waals surface area contributed by atoms with Crippen molar-refractivity contribution in [3.63, 3.8) is 0 Å². The smallest absolute Gasteiger partial charge is 0.191 e. The number of likely N-dealkylation sites (tertiary alicyclic amines) is 2. The van der Waals surface area contributed by atoms with Crippen LogP contribution >= 0.6 is 0 Å². The van der Waals surface area contributed by atoms with Crippen LogP contribution in [-0.2, 0) is 6.54 Å². The second-order valence-corrected chi connectivity index (χ2v) is 8.48. The lowest BCUT2D eigenvalue weighted by molar-refractivity contribution is 0.0173. The molecule has 162 valence electrons. The number of piperidine rings is 2. The molecule has 1 aromatic rings. The maximum atomic E-state index is 5.34. The highest BCUT2D eigenvalue weighted by molar-refractivity contribution is 5.79. The van der Waals surface area contributed by atoms with Gasteiger partial charge in [0.2, 0.25) is 0 Å². The third kappa shape index (κ3) is 6.09. The summed E-state index contributed by atoms with van der Waals surface area (Å²) in [5, 5.41) is 7.12. The summed E-state index contributed by atoms with van der Waals surface area (Å²) in [4.78, 5) is 10.1. The molecule has 0 spiro atoms. The molecular formula is C23H39N5O. The second kappa shape index (κ2) is 10.8. The van der Waals surface area contributed by atoms with E-state index in [-0.39, 0.29) is 5.54 Å². The van der Waals surface area contributed by atoms with Crippen molar-refractivity contribution >= 4 is 5.96 Å². The molecule has 1 aromatic carbocycles. The summed E-state index contributed by atoms with van der Waals surface area (Å²) in [7, 11) is 3.95. The molecule has 0 bridgehead atoms. The Labute approximate surface area is 176 Å². The van der Waals surface area contributed by atoms with Gasteiger partial charge < -0.3 is 20.3 Å². The van der Waals surface area contributed by atoms with Gasteiger partial charge in [-0.15, -0.1) is 0 Å². The van der Waals surface area contributed by atoms with Crippen molar-refractivity contribution in [2.24, 2.45) is 4.99 Å². The van der Waals surface area contributed by atoms with Gasteiger partial charge in [-0.05, 0) is 83.5 Å². The number of aliphatic imine (C=N–C) groups is 1. The van der Waals surface area contributed by atoms with Crippen molar-refractivity contribution in [2.75, 3.05) is 53.4 Å². The molecule has 0 aliphatic carbocycles. The molecule has 0 amide bonds. The van der Waals surface area contributed by atoms with Gasteiger partial charge >= 0.3 is 0 Å². The van der Waals surface area contributed by atoms with E-state index in [0.717, 1.165) is 30.4 Å². The summed E-state index contributed by atoms with van der Waals surface area (Å²) in [6.45, 7) is 9.43. The van der Waals surface area contributed by atoms with E-state index < -0.39 is 0 Å². The van der Waals surface area contributed by atoms with Crippen LogP contribution < -0.4 is 15.4 Å². The van der Waals surface area contributed by atoms with E-state index in [9.17, 15) is 0 Å². The summed E-state index contributed by atoms with van der Waals surface area (Å²) in [5.41, 5.74) is 1.41. The minimum absolute atomic E-state index is 0.249. The van der Waals surface area contributed by atoms with Crippen LogP contribution in [0.3, 0.4) is 0 Å². The molecule has 0 atom stereocenters. The number of guanidine groups is 1. The fourth-order valence-corrected chi connectivity index (χ4v) is 4.54. The van der Waals surface area contributed by atoms with Crippen LogP contribution in [-0.4, -0.2) is 74.7 Å². The van der Waals surface area contributed by atoms with Crippen LogP contribution in [0.4, 0.5) is 0 Å². The Balaban J connectivity index is 1.67. The summed E-state index contributed by atoms with van der Waals surface area (Å²) in [6, 6.07) is 8.15. The maximum absolute atomic E-state index is 5.34. The first-order valence-corrected chi connectivity index (χ1v) is 11.2. The monoisotopic (exact) mass is 401 g/mol. The Bertz CT molecular complexity index is 648. The lowest BCUT2D eigenvalue weighted by Crippen LogP contribution is -2.62. The van der Waals surface area contributed by atoms with Gasteiger partial charge in [0.05, 0.1) is 13.7 Å². The van der Waals surface area contributed by atoms with Crippen molar-refractivity contribution in [3.8, 4) is 5.75 Å². The summed E-state index contributed by atoms with van der Waals surface area (Å²) < 4.78 is 5.34. The molecule has 0 aromatic heterocycles. The number of nitrogens with zero attached hydrogens (tertiary/aromatic N) is 3. The standard InChI is InChI=1S/C23H39N5O/c1-4-24-22(25-18-20-9-8-10-21(17-20)29-3)26-19-23(11-15-27(2)16-12-23)28-13-6-5-7-14-28/h8-10,17H,4-7,11-16,18-19H2,1-3H3,(H2,24,25,26). The van der Waals surface area contributed by atoms with Gasteiger partial charge in [-0.25, -0.2) is 4.99 Å². The highest BCUT2D eigenvalue weighted by Gasteiger charge is 2.39. The molecule has 2 aliphatic heterocycles. The predicted molar refractivity (Wildman–Crippen MR) is 121 cm³/mol. The van der Waals surface area contributed by atoms with Gasteiger partial charge in [-0.1, -0.05) is 18.6 Å². The Morgan fingerprint density at radius 1 is 1.10 bits per heavy atom. The van der Waals surface area contributed by atoms with Crippen molar-refractivity contribution in [1.29, 1.82) is 0 Å². The average Bonchev–Trinajstić information content (AvgIpc) is 2.78. The Morgan fingerprint density at radius 2 is 1.86 bits per heavy atom. The Hall–Kier alpha value is -1.79. The molecular weight excluding hydrogens is 362 g/mol. The third-order valence-corrected chi connectivity index (χ3v) is 6.43. The highest BCUT2D eigenvalue weighted by Crippen LogP contribution is 2.30. The first-order chi connectivity index (χ1) is 14.1. The van der Waals surface area contributed by atoms with Crippen LogP contribution in [0.5, 0.6) is 5.75 Å². The summed E-state index contributed by atoms with van der Waals surface area (Å²) in [6.07, 6.45) is 6.51. The van der Waals surface area contributed by atoms with Crippen molar-refractivity contribution in [3.05, 3.63) is 29.8 Å². The van der Waals surface area contributed by atoms with Crippen molar-refractivity contribution < 1.29 is 4.74 Å². The zero-order valence-electron chi connectivity index (χ0n) is 18.5. The van der Waals surface area contributed by atoms with Gasteiger partial charge in [0.25, 0.3) is 0 Å². The van der Waals surface area contributed by atoms with E-state index in [4.69, 9.17) is 9.73 Å². The minimum Gasteiger partial charge on any atom is -0.497 e. The van der Waals surface area contributed by atoms with E-state index in [1.807, 2.05) is 12.1 Å². The number of nitrogens with one attached hydrogen (secondary N) is 2. The van der Waals surface area contributed by atoms with Crippen LogP contribution in [0.2, 0.25) is 0 Å². The molecule has 0 unspecified atom stereocenters. The van der Waals surface area contributed by atoms with Crippen LogP contribution in [0.15, 0.2) is 29.3 Å². The largest absolute Gasteiger partial charge is 0.497 e. The Kier molecular flexibility index (Phi) is 8.19.